The molecule has 0 radical (unpaired) electrons. The quantitative estimate of drug-likeness (QED) is 0.127. The molecule has 0 saturated heterocycles. The maximum atomic E-state index is 11.4. The molecule has 206 valence electrons. The lowest BCUT2D eigenvalue weighted by atomic mass is 10.1. The predicted molar refractivity (Wildman–Crippen MR) is 160 cm³/mol. The normalized spacial score (nSPS) is 10.8. The number of nitrogens with zero attached hydrogens (tertiary/aromatic N) is 4. The number of hydrogen-bond donors (Lipinski definition) is 0. The summed E-state index contributed by atoms with van der Waals surface area (Å²) >= 11 is 0. The first-order valence-corrected chi connectivity index (χ1v) is 13.4. The number of non-ortho nitro benzene ring substituents is 1. The van der Waals surface area contributed by atoms with Crippen molar-refractivity contribution in [1.82, 2.24) is 14.8 Å². The second kappa shape index (κ2) is 12.2. The standard InChI is InChI=1S/C34H26N4O4/c39-38(40)29-15-9-14-27(20-29)30-22-31(37(36-30)34-16-7-8-19-35-34)28-17-18-32(41-23-25-10-3-1-4-11-25)33(21-28)42-24-26-12-5-2-6-13-26/h1-22H,23-24H2. The topological polar surface area (TPSA) is 92.3 Å². The third-order valence-electron chi connectivity index (χ3n) is 6.64. The van der Waals surface area contributed by atoms with Crippen LogP contribution in [0.25, 0.3) is 28.3 Å². The number of rotatable bonds is 10. The molecular formula is C34H26N4O4. The van der Waals surface area contributed by atoms with Gasteiger partial charge in [-0.3, -0.25) is 10.1 Å². The van der Waals surface area contributed by atoms with Gasteiger partial charge in [0.15, 0.2) is 17.3 Å². The molecule has 8 heteroatoms. The first kappa shape index (κ1) is 26.5. The number of benzene rings is 4. The zero-order valence-corrected chi connectivity index (χ0v) is 22.5. The van der Waals surface area contributed by atoms with E-state index in [-0.39, 0.29) is 5.69 Å². The Balaban J connectivity index is 1.41. The van der Waals surface area contributed by atoms with Gasteiger partial charge in [-0.15, -0.1) is 0 Å². The molecule has 8 nitrogen and oxygen atoms in total. The van der Waals surface area contributed by atoms with Gasteiger partial charge in [0, 0.05) is 29.5 Å². The minimum atomic E-state index is -0.412. The Morgan fingerprint density at radius 3 is 2.02 bits per heavy atom. The van der Waals surface area contributed by atoms with E-state index in [1.807, 2.05) is 103 Å². The van der Waals surface area contributed by atoms with Gasteiger partial charge in [0.25, 0.3) is 5.69 Å². The molecule has 0 aliphatic carbocycles. The maximum absolute atomic E-state index is 11.4. The molecule has 42 heavy (non-hydrogen) atoms. The van der Waals surface area contributed by atoms with Crippen molar-refractivity contribution in [2.75, 3.05) is 0 Å². The fraction of sp³-hybridized carbons (Fsp3) is 0.0588. The molecular weight excluding hydrogens is 528 g/mol. The highest BCUT2D eigenvalue weighted by molar-refractivity contribution is 5.73. The Morgan fingerprint density at radius 1 is 0.667 bits per heavy atom. The molecule has 0 N–H and O–H groups in total. The number of ether oxygens (including phenoxy) is 2. The van der Waals surface area contributed by atoms with Crippen LogP contribution >= 0.6 is 0 Å². The summed E-state index contributed by atoms with van der Waals surface area (Å²) in [4.78, 5) is 15.5. The summed E-state index contributed by atoms with van der Waals surface area (Å²) in [6.45, 7) is 0.759. The van der Waals surface area contributed by atoms with E-state index in [1.165, 1.54) is 12.1 Å². The minimum Gasteiger partial charge on any atom is -0.485 e. The second-order valence-corrected chi connectivity index (χ2v) is 9.53. The van der Waals surface area contributed by atoms with E-state index in [1.54, 1.807) is 23.0 Å². The largest absolute Gasteiger partial charge is 0.485 e. The average Bonchev–Trinajstić information content (AvgIpc) is 3.50. The molecule has 6 aromatic rings. The second-order valence-electron chi connectivity index (χ2n) is 9.53. The molecule has 0 fully saturated rings. The molecule has 4 aromatic carbocycles. The highest BCUT2D eigenvalue weighted by Gasteiger charge is 2.18. The lowest BCUT2D eigenvalue weighted by molar-refractivity contribution is -0.384. The lowest BCUT2D eigenvalue weighted by Crippen LogP contribution is -2.03. The number of aromatic nitrogens is 3. The summed E-state index contributed by atoms with van der Waals surface area (Å²) in [6.07, 6.45) is 1.70. The fourth-order valence-electron chi connectivity index (χ4n) is 4.53. The monoisotopic (exact) mass is 554 g/mol. The van der Waals surface area contributed by atoms with Gasteiger partial charge in [0.2, 0.25) is 0 Å². The Kier molecular flexibility index (Phi) is 7.67. The minimum absolute atomic E-state index is 0.00190. The summed E-state index contributed by atoms with van der Waals surface area (Å²) in [5.41, 5.74) is 4.85. The lowest BCUT2D eigenvalue weighted by Gasteiger charge is -2.15. The van der Waals surface area contributed by atoms with Crippen LogP contribution in [-0.2, 0) is 13.2 Å². The molecule has 0 amide bonds. The number of nitro groups is 1. The Labute approximate surface area is 242 Å². The summed E-state index contributed by atoms with van der Waals surface area (Å²) in [5, 5.41) is 16.2. The van der Waals surface area contributed by atoms with Gasteiger partial charge in [-0.05, 0) is 47.5 Å². The first-order valence-electron chi connectivity index (χ1n) is 13.4. The summed E-state index contributed by atoms with van der Waals surface area (Å²) in [6, 6.07) is 39.6. The van der Waals surface area contributed by atoms with Gasteiger partial charge in [-0.2, -0.15) is 5.10 Å². The Bertz CT molecular complexity index is 1810. The molecule has 0 bridgehead atoms. The molecule has 0 spiro atoms. The van der Waals surface area contributed by atoms with Crippen LogP contribution in [-0.4, -0.2) is 19.7 Å². The molecule has 0 saturated carbocycles. The smallest absolute Gasteiger partial charge is 0.270 e. The Morgan fingerprint density at radius 2 is 1.36 bits per heavy atom. The van der Waals surface area contributed by atoms with Crippen molar-refractivity contribution in [3.05, 3.63) is 155 Å². The predicted octanol–water partition coefficient (Wildman–Crippen LogP) is 7.67. The van der Waals surface area contributed by atoms with Gasteiger partial charge in [0.1, 0.15) is 13.2 Å². The summed E-state index contributed by atoms with van der Waals surface area (Å²) in [5.74, 6) is 1.81. The highest BCUT2D eigenvalue weighted by Crippen LogP contribution is 2.36. The van der Waals surface area contributed by atoms with E-state index in [0.29, 0.717) is 41.8 Å². The molecule has 0 unspecified atom stereocenters. The van der Waals surface area contributed by atoms with E-state index in [9.17, 15) is 10.1 Å². The van der Waals surface area contributed by atoms with Crippen LogP contribution in [0, 0.1) is 10.1 Å². The first-order chi connectivity index (χ1) is 20.6. The number of pyridine rings is 1. The SMILES string of the molecule is O=[N+]([O-])c1cccc(-c2cc(-c3ccc(OCc4ccccc4)c(OCc4ccccc4)c3)n(-c3ccccn3)n2)c1. The van der Waals surface area contributed by atoms with E-state index in [0.717, 1.165) is 22.4 Å². The van der Waals surface area contributed by atoms with Gasteiger partial charge in [0.05, 0.1) is 16.3 Å². The van der Waals surface area contributed by atoms with Gasteiger partial charge in [-0.1, -0.05) is 78.9 Å². The summed E-state index contributed by atoms with van der Waals surface area (Å²) < 4.78 is 14.2. The van der Waals surface area contributed by atoms with Crippen LogP contribution < -0.4 is 9.47 Å². The van der Waals surface area contributed by atoms with Crippen LogP contribution in [0.4, 0.5) is 5.69 Å². The van der Waals surface area contributed by atoms with Gasteiger partial charge in [-0.25, -0.2) is 9.67 Å². The van der Waals surface area contributed by atoms with E-state index in [4.69, 9.17) is 14.6 Å². The molecule has 0 aliphatic heterocycles. The van der Waals surface area contributed by atoms with Crippen molar-refractivity contribution in [1.29, 1.82) is 0 Å². The van der Waals surface area contributed by atoms with Gasteiger partial charge < -0.3 is 9.47 Å². The molecule has 0 aliphatic rings. The molecule has 6 rings (SSSR count). The van der Waals surface area contributed by atoms with Crippen LogP contribution in [0.15, 0.2) is 134 Å². The third-order valence-corrected chi connectivity index (χ3v) is 6.64. The van der Waals surface area contributed by atoms with Crippen LogP contribution in [0.1, 0.15) is 11.1 Å². The third kappa shape index (κ3) is 6.03. The van der Waals surface area contributed by atoms with Gasteiger partial charge >= 0.3 is 0 Å². The van der Waals surface area contributed by atoms with Crippen LogP contribution in [0.3, 0.4) is 0 Å². The van der Waals surface area contributed by atoms with Crippen molar-refractivity contribution in [3.63, 3.8) is 0 Å². The van der Waals surface area contributed by atoms with E-state index < -0.39 is 4.92 Å². The van der Waals surface area contributed by atoms with Crippen molar-refractivity contribution >= 4 is 5.69 Å². The van der Waals surface area contributed by atoms with Crippen molar-refractivity contribution in [2.24, 2.45) is 0 Å². The molecule has 2 heterocycles. The average molecular weight is 555 g/mol. The Hall–Kier alpha value is -5.76. The van der Waals surface area contributed by atoms with Crippen LogP contribution in [0.5, 0.6) is 11.5 Å². The van der Waals surface area contributed by atoms with Crippen molar-refractivity contribution in [2.45, 2.75) is 13.2 Å². The van der Waals surface area contributed by atoms with E-state index >= 15 is 0 Å². The zero-order chi connectivity index (χ0) is 28.7. The number of hydrogen-bond acceptors (Lipinski definition) is 6. The molecule has 2 aromatic heterocycles. The summed E-state index contributed by atoms with van der Waals surface area (Å²) in [7, 11) is 0. The van der Waals surface area contributed by atoms with E-state index in [2.05, 4.69) is 4.98 Å². The zero-order valence-electron chi connectivity index (χ0n) is 22.5. The maximum Gasteiger partial charge on any atom is 0.270 e. The number of nitro benzene ring substituents is 1. The van der Waals surface area contributed by atoms with Crippen LogP contribution in [0.2, 0.25) is 0 Å². The van der Waals surface area contributed by atoms with Crippen molar-refractivity contribution in [3.8, 4) is 39.8 Å². The fourth-order valence-corrected chi connectivity index (χ4v) is 4.53. The van der Waals surface area contributed by atoms with Crippen molar-refractivity contribution < 1.29 is 14.4 Å². The highest BCUT2D eigenvalue weighted by atomic mass is 16.6. The molecule has 0 atom stereocenters.